The molecule has 2 aromatic heterocycles. The van der Waals surface area contributed by atoms with Gasteiger partial charge in [0.15, 0.2) is 5.52 Å². The molecule has 3 N–H and O–H groups in total. The summed E-state index contributed by atoms with van der Waals surface area (Å²) in [6.07, 6.45) is 2.49. The first-order valence-corrected chi connectivity index (χ1v) is 10.3. The highest BCUT2D eigenvalue weighted by Gasteiger charge is 2.20. The van der Waals surface area contributed by atoms with Gasteiger partial charge in [0.2, 0.25) is 17.3 Å². The van der Waals surface area contributed by atoms with Gasteiger partial charge < -0.3 is 15.5 Å². The molecule has 0 aliphatic rings. The molecule has 29 heavy (non-hydrogen) atoms. The minimum absolute atomic E-state index is 0.421. The van der Waals surface area contributed by atoms with Crippen molar-refractivity contribution in [3.8, 4) is 5.75 Å². The van der Waals surface area contributed by atoms with Gasteiger partial charge in [-0.25, -0.2) is 4.57 Å². The number of nitrogens with one attached hydrogen (secondary N) is 1. The summed E-state index contributed by atoms with van der Waals surface area (Å²) in [4.78, 5) is 13.4. The number of methoxy groups -OCH3 is 1. The third-order valence-corrected chi connectivity index (χ3v) is 5.93. The van der Waals surface area contributed by atoms with Crippen LogP contribution in [0.2, 0.25) is 5.02 Å². The molecule has 0 aliphatic carbocycles. The van der Waals surface area contributed by atoms with E-state index in [1.54, 1.807) is 13.4 Å². The summed E-state index contributed by atoms with van der Waals surface area (Å²) in [7, 11) is 1.66. The van der Waals surface area contributed by atoms with Crippen LogP contribution < -0.4 is 15.0 Å². The second-order valence-electron chi connectivity index (χ2n) is 6.66. The first kappa shape index (κ1) is 19.5. The van der Waals surface area contributed by atoms with E-state index in [-0.39, 0.29) is 0 Å². The number of aromatic amines is 1. The molecule has 4 aromatic rings. The van der Waals surface area contributed by atoms with Crippen LogP contribution in [0, 0.1) is 6.92 Å². The summed E-state index contributed by atoms with van der Waals surface area (Å²) in [6.45, 7) is 2.74. The minimum Gasteiger partial charge on any atom is -0.496 e. The van der Waals surface area contributed by atoms with E-state index in [0.717, 1.165) is 49.5 Å². The molecule has 0 amide bonds. The Balaban J connectivity index is 1.65. The number of nitrogens with two attached hydrogens (primary N) is 1. The zero-order chi connectivity index (χ0) is 20.4. The quantitative estimate of drug-likeness (QED) is 0.452. The van der Waals surface area contributed by atoms with Crippen LogP contribution in [0.15, 0.2) is 58.8 Å². The number of benzene rings is 2. The number of anilines is 1. The molecule has 0 saturated carbocycles. The SMILES string of the molecule is COc1ccc(C)cc1Sc1nc2c([nH]1)c(N)nc[n+]2CCc1ccccc1Cl. The first-order chi connectivity index (χ1) is 14.0. The van der Waals surface area contributed by atoms with E-state index in [1.807, 2.05) is 47.9 Å². The number of ether oxygens (including phenoxy) is 1. The molecule has 8 heteroatoms. The normalized spacial score (nSPS) is 11.1. The van der Waals surface area contributed by atoms with Crippen molar-refractivity contribution in [3.05, 3.63) is 64.9 Å². The molecule has 0 atom stereocenters. The topological polar surface area (TPSA) is 80.7 Å². The maximum absolute atomic E-state index is 6.29. The third kappa shape index (κ3) is 4.16. The molecule has 2 heterocycles. The highest BCUT2D eigenvalue weighted by molar-refractivity contribution is 7.99. The number of halogens is 1. The summed E-state index contributed by atoms with van der Waals surface area (Å²) in [5.74, 6) is 1.23. The average Bonchev–Trinajstić information content (AvgIpc) is 3.13. The number of fused-ring (bicyclic) bond motifs is 1. The summed E-state index contributed by atoms with van der Waals surface area (Å²) >= 11 is 7.79. The Morgan fingerprint density at radius 3 is 2.86 bits per heavy atom. The molecular formula is C21H21ClN5OS+. The summed E-state index contributed by atoms with van der Waals surface area (Å²) < 4.78 is 7.46. The van der Waals surface area contributed by atoms with E-state index in [2.05, 4.69) is 16.0 Å². The number of hydrogen-bond donors (Lipinski definition) is 2. The van der Waals surface area contributed by atoms with Crippen molar-refractivity contribution in [3.63, 3.8) is 0 Å². The Hall–Kier alpha value is -2.77. The first-order valence-electron chi connectivity index (χ1n) is 9.14. The van der Waals surface area contributed by atoms with E-state index < -0.39 is 0 Å². The standard InChI is InChI=1S/C21H20ClN5OS/c1-13-7-8-16(28-2)17(11-13)29-21-25-18-19(23)24-12-27(20(18)26-21)10-9-14-5-3-4-6-15(14)22/h3-8,11-12H,9-10H2,1-2H3,(H2,23,25,26)/p+1. The van der Waals surface area contributed by atoms with Gasteiger partial charge in [-0.1, -0.05) is 45.8 Å². The molecule has 6 nitrogen and oxygen atoms in total. The lowest BCUT2D eigenvalue weighted by Gasteiger charge is -2.06. The Labute approximate surface area is 178 Å². The maximum atomic E-state index is 6.29. The van der Waals surface area contributed by atoms with E-state index >= 15 is 0 Å². The second-order valence-corrected chi connectivity index (χ2v) is 8.10. The van der Waals surface area contributed by atoms with Gasteiger partial charge in [-0.15, -0.1) is 0 Å². The van der Waals surface area contributed by atoms with Crippen molar-refractivity contribution in [2.24, 2.45) is 0 Å². The Bertz CT molecular complexity index is 1180. The number of H-pyrrole nitrogens is 1. The van der Waals surface area contributed by atoms with E-state index in [0.29, 0.717) is 12.4 Å². The molecular weight excluding hydrogens is 406 g/mol. The molecule has 0 saturated heterocycles. The highest BCUT2D eigenvalue weighted by Crippen LogP contribution is 2.35. The number of nitrogen functional groups attached to an aromatic ring is 1. The molecule has 0 bridgehead atoms. The van der Waals surface area contributed by atoms with Gasteiger partial charge in [-0.2, -0.15) is 0 Å². The highest BCUT2D eigenvalue weighted by atomic mass is 35.5. The van der Waals surface area contributed by atoms with Crippen molar-refractivity contribution in [1.82, 2.24) is 15.0 Å². The number of aryl methyl sites for hydroxylation is 3. The smallest absolute Gasteiger partial charge is 0.294 e. The monoisotopic (exact) mass is 426 g/mol. The lowest BCUT2D eigenvalue weighted by molar-refractivity contribution is -0.675. The van der Waals surface area contributed by atoms with Crippen molar-refractivity contribution in [1.29, 1.82) is 0 Å². The molecule has 0 spiro atoms. The molecule has 0 aliphatic heterocycles. The molecule has 0 fully saturated rings. The minimum atomic E-state index is 0.421. The van der Waals surface area contributed by atoms with Gasteiger partial charge in [0, 0.05) is 11.4 Å². The van der Waals surface area contributed by atoms with Crippen LogP contribution in [0.25, 0.3) is 11.2 Å². The van der Waals surface area contributed by atoms with Crippen molar-refractivity contribution < 1.29 is 9.30 Å². The number of hydrogen-bond acceptors (Lipinski definition) is 5. The van der Waals surface area contributed by atoms with Gasteiger partial charge in [-0.05, 0) is 48.0 Å². The predicted molar refractivity (Wildman–Crippen MR) is 116 cm³/mol. The zero-order valence-electron chi connectivity index (χ0n) is 16.1. The maximum Gasteiger partial charge on any atom is 0.294 e. The Morgan fingerprint density at radius 1 is 1.24 bits per heavy atom. The lowest BCUT2D eigenvalue weighted by atomic mass is 10.1. The van der Waals surface area contributed by atoms with E-state index in [4.69, 9.17) is 27.1 Å². The average molecular weight is 427 g/mol. The van der Waals surface area contributed by atoms with Crippen molar-refractivity contribution in [2.45, 2.75) is 29.9 Å². The third-order valence-electron chi connectivity index (χ3n) is 4.63. The predicted octanol–water partition coefficient (Wildman–Crippen LogP) is 4.19. The largest absolute Gasteiger partial charge is 0.496 e. The van der Waals surface area contributed by atoms with Gasteiger partial charge in [0.1, 0.15) is 5.75 Å². The summed E-state index contributed by atoms with van der Waals surface area (Å²) in [5.41, 5.74) is 9.82. The second kappa shape index (κ2) is 8.31. The molecule has 0 radical (unpaired) electrons. The van der Waals surface area contributed by atoms with E-state index in [9.17, 15) is 0 Å². The van der Waals surface area contributed by atoms with Crippen LogP contribution >= 0.6 is 23.4 Å². The molecule has 4 rings (SSSR count). The van der Waals surface area contributed by atoms with Gasteiger partial charge in [-0.3, -0.25) is 0 Å². The van der Waals surface area contributed by atoms with Crippen LogP contribution in [0.5, 0.6) is 5.75 Å². The van der Waals surface area contributed by atoms with Crippen LogP contribution in [0.1, 0.15) is 11.1 Å². The molecule has 148 valence electrons. The fraction of sp³-hybridized carbons (Fsp3) is 0.190. The Morgan fingerprint density at radius 2 is 2.07 bits per heavy atom. The number of aromatic nitrogens is 4. The summed E-state index contributed by atoms with van der Waals surface area (Å²) in [6, 6.07) is 13.9. The van der Waals surface area contributed by atoms with Crippen LogP contribution in [0.4, 0.5) is 5.82 Å². The van der Waals surface area contributed by atoms with Crippen LogP contribution in [-0.2, 0) is 13.0 Å². The number of imidazole rings is 1. The lowest BCUT2D eigenvalue weighted by Crippen LogP contribution is -2.36. The van der Waals surface area contributed by atoms with Crippen molar-refractivity contribution in [2.75, 3.05) is 12.8 Å². The Kier molecular flexibility index (Phi) is 5.60. The fourth-order valence-corrected chi connectivity index (χ4v) is 4.32. The van der Waals surface area contributed by atoms with Crippen LogP contribution in [0.3, 0.4) is 0 Å². The fourth-order valence-electron chi connectivity index (χ4n) is 3.10. The van der Waals surface area contributed by atoms with Crippen molar-refractivity contribution >= 4 is 40.3 Å². The van der Waals surface area contributed by atoms with Gasteiger partial charge in [0.05, 0.1) is 18.6 Å². The van der Waals surface area contributed by atoms with Gasteiger partial charge >= 0.3 is 0 Å². The van der Waals surface area contributed by atoms with E-state index in [1.165, 1.54) is 11.8 Å². The molecule has 0 unspecified atom stereocenters. The number of rotatable bonds is 6. The van der Waals surface area contributed by atoms with Gasteiger partial charge in [0.25, 0.3) is 5.65 Å². The molecule has 2 aromatic carbocycles. The van der Waals surface area contributed by atoms with Crippen LogP contribution in [-0.4, -0.2) is 22.1 Å². The zero-order valence-corrected chi connectivity index (χ0v) is 17.7. The number of nitrogens with zero attached hydrogens (tertiary/aromatic N) is 3. The summed E-state index contributed by atoms with van der Waals surface area (Å²) in [5, 5.41) is 1.49.